The Labute approximate surface area is 111 Å². The molecule has 1 N–H and O–H groups in total. The van der Waals surface area contributed by atoms with Crippen molar-refractivity contribution in [2.45, 2.75) is 0 Å². The van der Waals surface area contributed by atoms with Gasteiger partial charge in [0.1, 0.15) is 0 Å². The van der Waals surface area contributed by atoms with E-state index in [0.717, 1.165) is 14.0 Å². The van der Waals surface area contributed by atoms with Gasteiger partial charge in [-0.2, -0.15) is 0 Å². The minimum absolute atomic E-state index is 0.420. The highest BCUT2D eigenvalue weighted by Gasteiger charge is 2.12. The van der Waals surface area contributed by atoms with Crippen molar-refractivity contribution in [3.8, 4) is 5.69 Å². The van der Waals surface area contributed by atoms with Crippen LogP contribution in [0.25, 0.3) is 5.69 Å². The van der Waals surface area contributed by atoms with Crippen LogP contribution >= 0.6 is 0 Å². The Bertz CT molecular complexity index is 915. The average molecular weight is 270 g/mol. The number of hydrogen-bond donors (Lipinski definition) is 1. The van der Waals surface area contributed by atoms with Crippen LogP contribution in [0.5, 0.6) is 0 Å². The molecule has 0 unspecified atom stereocenters. The van der Waals surface area contributed by atoms with Crippen molar-refractivity contribution < 1.29 is 0 Å². The lowest BCUT2D eigenvalue weighted by molar-refractivity contribution is 0.526. The Hall–Kier alpha value is -3.09. The van der Waals surface area contributed by atoms with Crippen molar-refractivity contribution in [3.63, 3.8) is 0 Å². The third kappa shape index (κ3) is 1.81. The molecule has 0 saturated heterocycles. The highest BCUT2D eigenvalue weighted by Crippen LogP contribution is 1.99. The maximum atomic E-state index is 12.3. The van der Waals surface area contributed by atoms with Gasteiger partial charge in [0.2, 0.25) is 0 Å². The van der Waals surface area contributed by atoms with E-state index in [1.807, 2.05) is 0 Å². The van der Waals surface area contributed by atoms with Crippen LogP contribution in [-0.2, 0) is 0 Å². The van der Waals surface area contributed by atoms with E-state index in [1.165, 1.54) is 12.3 Å². The Morgan fingerprint density at radius 1 is 0.850 bits per heavy atom. The lowest BCUT2D eigenvalue weighted by atomic mass is 10.3. The number of aromatic nitrogens is 4. The number of para-hydroxylation sites is 1. The van der Waals surface area contributed by atoms with Crippen molar-refractivity contribution >= 4 is 0 Å². The lowest BCUT2D eigenvalue weighted by Gasteiger charge is -2.02. The standard InChI is InChI=1S/C13H10N4O3/c18-11-8-4-5-9-15(11)17-13(20)16(12(19)14-17)10-6-2-1-3-7-10/h1-9H,(H,14,19). The topological polar surface area (TPSA) is 81.8 Å². The van der Waals surface area contributed by atoms with Gasteiger partial charge < -0.3 is 0 Å². The fourth-order valence-electron chi connectivity index (χ4n) is 1.90. The number of hydrogen-bond acceptors (Lipinski definition) is 3. The first-order chi connectivity index (χ1) is 9.68. The van der Waals surface area contributed by atoms with Gasteiger partial charge >= 0.3 is 11.4 Å². The zero-order valence-corrected chi connectivity index (χ0v) is 10.3. The van der Waals surface area contributed by atoms with Crippen LogP contribution in [0.2, 0.25) is 0 Å². The minimum atomic E-state index is -0.644. The molecule has 0 spiro atoms. The number of H-pyrrole nitrogens is 1. The third-order valence-electron chi connectivity index (χ3n) is 2.81. The zero-order chi connectivity index (χ0) is 14.1. The molecule has 0 saturated carbocycles. The van der Waals surface area contributed by atoms with Gasteiger partial charge in [0.05, 0.1) is 5.69 Å². The number of aromatic amines is 1. The largest absolute Gasteiger partial charge is 0.371 e. The first kappa shape index (κ1) is 12.0. The van der Waals surface area contributed by atoms with E-state index in [4.69, 9.17) is 0 Å². The van der Waals surface area contributed by atoms with Gasteiger partial charge in [-0.3, -0.25) is 4.79 Å². The van der Waals surface area contributed by atoms with Crippen molar-refractivity contribution in [1.29, 1.82) is 0 Å². The summed E-state index contributed by atoms with van der Waals surface area (Å²) < 4.78 is 1.99. The van der Waals surface area contributed by atoms with Crippen LogP contribution < -0.4 is 16.9 Å². The summed E-state index contributed by atoms with van der Waals surface area (Å²) in [6.45, 7) is 0. The molecule has 7 nitrogen and oxygen atoms in total. The summed E-state index contributed by atoms with van der Waals surface area (Å²) in [6.07, 6.45) is 1.40. The molecular formula is C13H10N4O3. The molecule has 0 aliphatic heterocycles. The molecule has 0 aliphatic rings. The van der Waals surface area contributed by atoms with Gasteiger partial charge in [-0.25, -0.2) is 23.9 Å². The fourth-order valence-corrected chi connectivity index (χ4v) is 1.90. The van der Waals surface area contributed by atoms with Crippen LogP contribution in [0.4, 0.5) is 0 Å². The highest BCUT2D eigenvalue weighted by molar-refractivity contribution is 5.30. The molecule has 0 amide bonds. The second-order valence-corrected chi connectivity index (χ2v) is 4.07. The Morgan fingerprint density at radius 2 is 1.55 bits per heavy atom. The molecule has 3 aromatic rings. The number of rotatable bonds is 2. The molecule has 20 heavy (non-hydrogen) atoms. The molecule has 2 aromatic heterocycles. The predicted molar refractivity (Wildman–Crippen MR) is 72.1 cm³/mol. The number of pyridine rings is 1. The van der Waals surface area contributed by atoms with Crippen LogP contribution in [0.15, 0.2) is 69.1 Å². The van der Waals surface area contributed by atoms with E-state index in [-0.39, 0.29) is 0 Å². The number of benzene rings is 1. The lowest BCUT2D eigenvalue weighted by Crippen LogP contribution is -2.35. The first-order valence-electron chi connectivity index (χ1n) is 5.86. The second-order valence-electron chi connectivity index (χ2n) is 4.07. The molecule has 0 aliphatic carbocycles. The van der Waals surface area contributed by atoms with Crippen molar-refractivity contribution in [1.82, 2.24) is 19.1 Å². The smallest absolute Gasteiger partial charge is 0.267 e. The van der Waals surface area contributed by atoms with Crippen molar-refractivity contribution in [2.75, 3.05) is 0 Å². The molecule has 0 bridgehead atoms. The van der Waals surface area contributed by atoms with Crippen LogP contribution in [0.1, 0.15) is 0 Å². The summed E-state index contributed by atoms with van der Waals surface area (Å²) in [7, 11) is 0. The van der Waals surface area contributed by atoms with E-state index < -0.39 is 16.9 Å². The van der Waals surface area contributed by atoms with Gasteiger partial charge in [0.25, 0.3) is 5.56 Å². The summed E-state index contributed by atoms with van der Waals surface area (Å²) in [6, 6.07) is 12.9. The van der Waals surface area contributed by atoms with E-state index in [2.05, 4.69) is 5.10 Å². The van der Waals surface area contributed by atoms with Gasteiger partial charge in [0, 0.05) is 12.3 Å². The third-order valence-corrected chi connectivity index (χ3v) is 2.81. The summed E-state index contributed by atoms with van der Waals surface area (Å²) in [4.78, 5) is 36.8. The maximum absolute atomic E-state index is 12.3. The first-order valence-corrected chi connectivity index (χ1v) is 5.86. The second kappa shape index (κ2) is 4.54. The fraction of sp³-hybridized carbons (Fsp3) is 0. The van der Waals surface area contributed by atoms with Crippen molar-refractivity contribution in [2.24, 2.45) is 0 Å². The van der Waals surface area contributed by atoms with E-state index in [1.54, 1.807) is 42.5 Å². The highest BCUT2D eigenvalue weighted by atomic mass is 16.2. The van der Waals surface area contributed by atoms with Crippen LogP contribution in [0, 0.1) is 0 Å². The molecule has 3 rings (SSSR count). The predicted octanol–water partition coefficient (Wildman–Crippen LogP) is -0.200. The Kier molecular flexibility index (Phi) is 2.72. The zero-order valence-electron chi connectivity index (χ0n) is 10.3. The summed E-state index contributed by atoms with van der Waals surface area (Å²) >= 11 is 0. The minimum Gasteiger partial charge on any atom is -0.267 e. The Balaban J connectivity index is 2.29. The molecule has 2 heterocycles. The Morgan fingerprint density at radius 3 is 2.25 bits per heavy atom. The molecule has 100 valence electrons. The van der Waals surface area contributed by atoms with Gasteiger partial charge in [-0.1, -0.05) is 24.3 Å². The summed E-state index contributed by atoms with van der Waals surface area (Å²) in [5, 5.41) is 2.34. The van der Waals surface area contributed by atoms with Crippen LogP contribution in [0.3, 0.4) is 0 Å². The van der Waals surface area contributed by atoms with Crippen molar-refractivity contribution in [3.05, 3.63) is 86.1 Å². The van der Waals surface area contributed by atoms with Gasteiger partial charge in [-0.15, -0.1) is 4.79 Å². The summed E-state index contributed by atoms with van der Waals surface area (Å²) in [5.41, 5.74) is -1.25. The van der Waals surface area contributed by atoms with Gasteiger partial charge in [-0.05, 0) is 18.2 Å². The quantitative estimate of drug-likeness (QED) is 0.700. The molecule has 7 heteroatoms. The monoisotopic (exact) mass is 270 g/mol. The molecule has 0 radical (unpaired) electrons. The molecule has 1 aromatic carbocycles. The number of nitrogens with zero attached hydrogens (tertiary/aromatic N) is 3. The molecular weight excluding hydrogens is 260 g/mol. The van der Waals surface area contributed by atoms with Crippen LogP contribution in [-0.4, -0.2) is 19.1 Å². The average Bonchev–Trinajstić information content (AvgIpc) is 2.75. The van der Waals surface area contributed by atoms with E-state index in [9.17, 15) is 14.4 Å². The SMILES string of the molecule is O=c1ccccn1-n1[nH]c(=O)n(-c2ccccc2)c1=O. The van der Waals surface area contributed by atoms with E-state index >= 15 is 0 Å². The molecule has 0 fully saturated rings. The maximum Gasteiger partial charge on any atom is 0.371 e. The van der Waals surface area contributed by atoms with E-state index in [0.29, 0.717) is 5.69 Å². The summed E-state index contributed by atoms with van der Waals surface area (Å²) in [5.74, 6) is 0. The van der Waals surface area contributed by atoms with Gasteiger partial charge in [0.15, 0.2) is 0 Å². The number of nitrogens with one attached hydrogen (secondary N) is 1. The molecule has 0 atom stereocenters. The normalized spacial score (nSPS) is 10.6.